The van der Waals surface area contributed by atoms with E-state index in [9.17, 15) is 4.39 Å². The summed E-state index contributed by atoms with van der Waals surface area (Å²) in [6.45, 7) is 3.30. The van der Waals surface area contributed by atoms with Gasteiger partial charge in [0.05, 0.1) is 24.8 Å². The van der Waals surface area contributed by atoms with Gasteiger partial charge in [-0.05, 0) is 0 Å². The Morgan fingerprint density at radius 3 is 2.79 bits per heavy atom. The molecule has 5 heteroatoms. The highest BCUT2D eigenvalue weighted by Gasteiger charge is 2.49. The third-order valence-corrected chi connectivity index (χ3v) is 2.82. The highest BCUT2D eigenvalue weighted by Crippen LogP contribution is 2.39. The van der Waals surface area contributed by atoms with Crippen molar-refractivity contribution in [2.45, 2.75) is 0 Å². The summed E-state index contributed by atoms with van der Waals surface area (Å²) in [4.78, 5) is 9.47. The second-order valence-corrected chi connectivity index (χ2v) is 4.04. The largest absolute Gasteiger partial charge is 0.380 e. The van der Waals surface area contributed by atoms with Gasteiger partial charge in [-0.15, -0.1) is 0 Å². The summed E-state index contributed by atoms with van der Waals surface area (Å²) < 4.78 is 18.4. The first-order chi connectivity index (χ1) is 6.79. The predicted molar refractivity (Wildman–Crippen MR) is 47.5 cm³/mol. The lowest BCUT2D eigenvalue weighted by Gasteiger charge is -2.55. The smallest absolute Gasteiger partial charge is 0.183 e. The van der Waals surface area contributed by atoms with Crippen LogP contribution in [0, 0.1) is 11.2 Å². The molecular formula is C9H10FN3O. The van der Waals surface area contributed by atoms with Crippen molar-refractivity contribution in [3.05, 3.63) is 18.3 Å². The molecule has 2 aliphatic rings. The van der Waals surface area contributed by atoms with E-state index in [1.807, 2.05) is 4.90 Å². The van der Waals surface area contributed by atoms with Crippen LogP contribution in [0.15, 0.2) is 12.5 Å². The van der Waals surface area contributed by atoms with Crippen molar-refractivity contribution < 1.29 is 9.13 Å². The maximum absolute atomic E-state index is 13.2. The van der Waals surface area contributed by atoms with Crippen LogP contribution in [0.1, 0.15) is 0 Å². The molecule has 0 atom stereocenters. The van der Waals surface area contributed by atoms with Gasteiger partial charge in [0.1, 0.15) is 6.33 Å². The van der Waals surface area contributed by atoms with Crippen LogP contribution in [-0.4, -0.2) is 36.3 Å². The van der Waals surface area contributed by atoms with E-state index >= 15 is 0 Å². The number of hydrogen-bond acceptors (Lipinski definition) is 4. The number of aromatic nitrogens is 2. The number of hydrogen-bond donors (Lipinski definition) is 0. The zero-order valence-electron chi connectivity index (χ0n) is 7.61. The maximum Gasteiger partial charge on any atom is 0.183 e. The Bertz CT molecular complexity index is 359. The van der Waals surface area contributed by atoms with Gasteiger partial charge in [-0.2, -0.15) is 0 Å². The molecule has 1 spiro atoms. The molecule has 74 valence electrons. The summed E-state index contributed by atoms with van der Waals surface area (Å²) in [5.41, 5.74) is 0.289. The van der Waals surface area contributed by atoms with Gasteiger partial charge in [-0.3, -0.25) is 0 Å². The predicted octanol–water partition coefficient (Wildman–Crippen LogP) is 0.452. The van der Waals surface area contributed by atoms with Gasteiger partial charge in [0.15, 0.2) is 11.6 Å². The van der Waals surface area contributed by atoms with Crippen molar-refractivity contribution in [1.82, 2.24) is 9.97 Å². The van der Waals surface area contributed by atoms with Crippen molar-refractivity contribution in [2.24, 2.45) is 5.41 Å². The minimum atomic E-state index is -0.345. The fraction of sp³-hybridized carbons (Fsp3) is 0.556. The van der Waals surface area contributed by atoms with E-state index in [4.69, 9.17) is 4.74 Å². The molecule has 0 N–H and O–H groups in total. The molecular weight excluding hydrogens is 185 g/mol. The molecule has 0 amide bonds. The fourth-order valence-corrected chi connectivity index (χ4v) is 2.03. The number of rotatable bonds is 1. The first kappa shape index (κ1) is 8.11. The van der Waals surface area contributed by atoms with Crippen LogP contribution in [0.4, 0.5) is 10.2 Å². The highest BCUT2D eigenvalue weighted by molar-refractivity contribution is 5.43. The first-order valence-corrected chi connectivity index (χ1v) is 4.57. The molecule has 0 radical (unpaired) electrons. The quantitative estimate of drug-likeness (QED) is 0.652. The Morgan fingerprint density at radius 1 is 1.43 bits per heavy atom. The van der Waals surface area contributed by atoms with Crippen LogP contribution in [0.2, 0.25) is 0 Å². The van der Waals surface area contributed by atoms with Crippen molar-refractivity contribution in [2.75, 3.05) is 31.2 Å². The van der Waals surface area contributed by atoms with Crippen LogP contribution < -0.4 is 4.90 Å². The Balaban J connectivity index is 1.76. The Kier molecular flexibility index (Phi) is 1.53. The van der Waals surface area contributed by atoms with Crippen molar-refractivity contribution >= 4 is 5.82 Å². The zero-order chi connectivity index (χ0) is 9.60. The molecule has 4 nitrogen and oxygen atoms in total. The third-order valence-electron chi connectivity index (χ3n) is 2.82. The molecule has 14 heavy (non-hydrogen) atoms. The fourth-order valence-electron chi connectivity index (χ4n) is 2.03. The Labute approximate surface area is 80.7 Å². The minimum absolute atomic E-state index is 0.289. The van der Waals surface area contributed by atoms with Crippen molar-refractivity contribution in [1.29, 1.82) is 0 Å². The van der Waals surface area contributed by atoms with Gasteiger partial charge in [0.25, 0.3) is 0 Å². The molecule has 3 heterocycles. The van der Waals surface area contributed by atoms with Crippen LogP contribution in [-0.2, 0) is 4.74 Å². The second-order valence-electron chi connectivity index (χ2n) is 4.04. The highest BCUT2D eigenvalue weighted by atomic mass is 19.1. The molecule has 2 aliphatic heterocycles. The number of halogens is 1. The van der Waals surface area contributed by atoms with Gasteiger partial charge in [0, 0.05) is 13.1 Å². The summed E-state index contributed by atoms with van der Waals surface area (Å²) in [5, 5.41) is 0. The summed E-state index contributed by atoms with van der Waals surface area (Å²) >= 11 is 0. The standard InChI is InChI=1S/C9H10FN3O/c10-7-1-11-6-12-8(7)13-2-9(3-13)4-14-5-9/h1,6H,2-5H2. The monoisotopic (exact) mass is 195 g/mol. The topological polar surface area (TPSA) is 38.2 Å². The molecule has 0 aliphatic carbocycles. The van der Waals surface area contributed by atoms with Gasteiger partial charge in [0.2, 0.25) is 0 Å². The average molecular weight is 195 g/mol. The van der Waals surface area contributed by atoms with Gasteiger partial charge < -0.3 is 9.64 Å². The van der Waals surface area contributed by atoms with E-state index in [1.165, 1.54) is 12.5 Å². The zero-order valence-corrected chi connectivity index (χ0v) is 7.61. The molecule has 1 aromatic rings. The van der Waals surface area contributed by atoms with E-state index in [2.05, 4.69) is 9.97 Å². The molecule has 3 rings (SSSR count). The SMILES string of the molecule is Fc1cncnc1N1CC2(COC2)C1. The van der Waals surface area contributed by atoms with E-state index in [1.54, 1.807) is 0 Å². The molecule has 2 fully saturated rings. The number of anilines is 1. The van der Waals surface area contributed by atoms with E-state index in [0.717, 1.165) is 26.3 Å². The molecule has 2 saturated heterocycles. The summed E-state index contributed by atoms with van der Waals surface area (Å²) in [6, 6.07) is 0. The second kappa shape index (κ2) is 2.63. The molecule has 0 unspecified atom stereocenters. The van der Waals surface area contributed by atoms with E-state index in [-0.39, 0.29) is 11.2 Å². The van der Waals surface area contributed by atoms with Gasteiger partial charge in [-0.25, -0.2) is 14.4 Å². The third kappa shape index (κ3) is 1.02. The van der Waals surface area contributed by atoms with E-state index in [0.29, 0.717) is 5.82 Å². The van der Waals surface area contributed by atoms with E-state index < -0.39 is 0 Å². The minimum Gasteiger partial charge on any atom is -0.380 e. The van der Waals surface area contributed by atoms with Crippen molar-refractivity contribution in [3.8, 4) is 0 Å². The lowest BCUT2D eigenvalue weighted by Crippen LogP contribution is -2.66. The van der Waals surface area contributed by atoms with Crippen LogP contribution in [0.25, 0.3) is 0 Å². The molecule has 0 bridgehead atoms. The Morgan fingerprint density at radius 2 is 2.21 bits per heavy atom. The van der Waals surface area contributed by atoms with Crippen LogP contribution in [0.5, 0.6) is 0 Å². The number of ether oxygens (including phenoxy) is 1. The lowest BCUT2D eigenvalue weighted by atomic mass is 9.78. The molecule has 0 aromatic carbocycles. The summed E-state index contributed by atoms with van der Waals surface area (Å²) in [5.74, 6) is 0.0696. The summed E-state index contributed by atoms with van der Waals surface area (Å²) in [6.07, 6.45) is 2.57. The average Bonchev–Trinajstić information content (AvgIpc) is 2.03. The molecule has 0 saturated carbocycles. The van der Waals surface area contributed by atoms with Gasteiger partial charge in [-0.1, -0.05) is 0 Å². The summed E-state index contributed by atoms with van der Waals surface area (Å²) in [7, 11) is 0. The Hall–Kier alpha value is -1.23. The van der Waals surface area contributed by atoms with Crippen molar-refractivity contribution in [3.63, 3.8) is 0 Å². The number of nitrogens with zero attached hydrogens (tertiary/aromatic N) is 3. The normalized spacial score (nSPS) is 23.1. The maximum atomic E-state index is 13.2. The van der Waals surface area contributed by atoms with Gasteiger partial charge >= 0.3 is 0 Å². The molecule has 1 aromatic heterocycles. The first-order valence-electron chi connectivity index (χ1n) is 4.57. The lowest BCUT2D eigenvalue weighted by molar-refractivity contribution is -0.127. The van der Waals surface area contributed by atoms with Crippen LogP contribution in [0.3, 0.4) is 0 Å². The van der Waals surface area contributed by atoms with Crippen LogP contribution >= 0.6 is 0 Å².